The number of aromatic hydroxyl groups is 1. The standard InChI is InChI=1S/C82H127N29O21S2/c1-5-7-16-48-71(124)104-55(34-95-48)76(129)107-58(39-133)61(114)24-28-91-59(40-134)67(120)66(119)57(38-112)106-78(131)65(42(3)6-2)108-73(126)50(18-12-26-93-81(86)87)101-74(127)51(32-64(117)118)102-69(122)43(4)99-72(125)49(17-11-25-92-80(84)85)100-63(116)36-96-62(115)35-97-70(123)52(29-44-14-9-8-10-15-44)109-110-53(31-46-33-90-41-98-46)75(128)103-54(30-45-20-22-47(113)23-21-45)79(132)111-37-56(68(83)121)105-77(130)60(111)19-13-27-94-82(88)89/h8-10,14-15,20-23,33,41-43,48-60,65,91,95,109-110,112-113,133-134H,5-7,11-13,16-19,24-32,34-40H2,1-4H3,(H2,83,121)(H,90,98)(H,96,115)(H,97,123)(H,99,125)(H,100,116)(H,101,127)(H,102,122)(H,103,128)(H,104,124)(H,105,130)(H,106,131)(H,107,129)(H,108,126)(H,117,118)(H4,84,85,92)(H4,86,87,93)(H4,88,89,94)/t42-,43?,48-,49-,50?,51-,52?,53?,54-,55+,56+,57?,58-,59-,60+,65-/m0/s1. The average Bonchev–Trinajstić information content (AvgIpc) is 0.930. The van der Waals surface area contributed by atoms with Crippen LogP contribution in [0.2, 0.25) is 0 Å². The molecule has 0 radical (unpaired) electrons. The number of ketones is 3. The zero-order valence-electron chi connectivity index (χ0n) is 74.8. The van der Waals surface area contributed by atoms with Crippen LogP contribution in [0.4, 0.5) is 0 Å². The first-order valence-corrected chi connectivity index (χ1v) is 44.8. The molecule has 5 rings (SSSR count). The number of imidazole rings is 1. The van der Waals surface area contributed by atoms with E-state index in [9.17, 15) is 102 Å². The smallest absolute Gasteiger partial charge is 0.305 e. The van der Waals surface area contributed by atoms with E-state index in [1.54, 1.807) is 37.3 Å². The Bertz CT molecular complexity index is 4540. The minimum absolute atomic E-state index is 0.0121. The topological polar surface area (TPSA) is 804 Å². The third-order valence-electron chi connectivity index (χ3n) is 21.5. The number of phenolic OH excluding ortho intramolecular Hbond substituents is 1. The fourth-order valence-electron chi connectivity index (χ4n) is 13.8. The maximum atomic E-state index is 15.0. The number of aliphatic carboxylic acids is 1. The molecule has 2 fully saturated rings. The first-order valence-electron chi connectivity index (χ1n) is 43.5. The molecule has 5 unspecified atom stereocenters. The molecule has 2 saturated heterocycles. The van der Waals surface area contributed by atoms with Crippen molar-refractivity contribution in [2.75, 3.05) is 70.5 Å². The predicted octanol–water partition coefficient (Wildman–Crippen LogP) is -9.85. The number of phenols is 1. The van der Waals surface area contributed by atoms with Gasteiger partial charge in [0, 0.05) is 75.4 Å². The van der Waals surface area contributed by atoms with Crippen LogP contribution >= 0.6 is 25.3 Å². The van der Waals surface area contributed by atoms with Crippen LogP contribution in [0, 0.1) is 22.1 Å². The highest BCUT2D eigenvalue weighted by atomic mass is 32.1. The Hall–Kier alpha value is -13.2. The zero-order valence-corrected chi connectivity index (χ0v) is 76.6. The minimum atomic E-state index is -2.02. The van der Waals surface area contributed by atoms with Gasteiger partial charge in [0.05, 0.1) is 57.1 Å². The summed E-state index contributed by atoms with van der Waals surface area (Å²) in [6, 6.07) is -6.85. The molecule has 0 aliphatic carbocycles. The van der Waals surface area contributed by atoms with Gasteiger partial charge in [0.25, 0.3) is 0 Å². The van der Waals surface area contributed by atoms with Gasteiger partial charge in [-0.3, -0.25) is 103 Å². The lowest BCUT2D eigenvalue weighted by molar-refractivity contribution is -0.149. The van der Waals surface area contributed by atoms with E-state index in [2.05, 4.69) is 136 Å². The van der Waals surface area contributed by atoms with Gasteiger partial charge in [-0.25, -0.2) is 15.8 Å². The number of carbonyl (C=O) groups excluding carboxylic acids is 17. The van der Waals surface area contributed by atoms with E-state index in [-0.39, 0.29) is 132 Å². The van der Waals surface area contributed by atoms with Crippen LogP contribution in [0.5, 0.6) is 5.75 Å². The highest BCUT2D eigenvalue weighted by molar-refractivity contribution is 7.80. The number of hydrogen-bond donors (Lipinski definition) is 32. The first kappa shape index (κ1) is 111. The number of hydrazine groups is 1. The van der Waals surface area contributed by atoms with Crippen LogP contribution in [0.25, 0.3) is 0 Å². The number of H-pyrrole nitrogens is 1. The zero-order chi connectivity index (χ0) is 99.3. The fourth-order valence-corrected chi connectivity index (χ4v) is 14.4. The van der Waals surface area contributed by atoms with Gasteiger partial charge >= 0.3 is 5.97 Å². The summed E-state index contributed by atoms with van der Waals surface area (Å²) < 4.78 is 0. The molecule has 134 heavy (non-hydrogen) atoms. The summed E-state index contributed by atoms with van der Waals surface area (Å²) in [5, 5.41) is 96.4. The van der Waals surface area contributed by atoms with Crippen molar-refractivity contribution in [2.45, 2.75) is 215 Å². The number of unbranched alkanes of at least 4 members (excludes halogenated alkanes) is 1. The van der Waals surface area contributed by atoms with E-state index in [0.717, 1.165) is 24.7 Å². The molecule has 0 bridgehead atoms. The third kappa shape index (κ3) is 38.6. The van der Waals surface area contributed by atoms with E-state index < -0.39 is 241 Å². The van der Waals surface area contributed by atoms with Crippen molar-refractivity contribution < 1.29 is 102 Å². The molecule has 50 nitrogen and oxygen atoms in total. The van der Waals surface area contributed by atoms with Crippen molar-refractivity contribution in [3.8, 4) is 5.75 Å². The van der Waals surface area contributed by atoms with Gasteiger partial charge in [-0.15, -0.1) is 0 Å². The lowest BCUT2D eigenvalue weighted by Crippen LogP contribution is -2.67. The number of nitrogens with zero attached hydrogens (tertiary/aromatic N) is 2. The third-order valence-corrected chi connectivity index (χ3v) is 22.3. The van der Waals surface area contributed by atoms with Crippen molar-refractivity contribution in [2.24, 2.45) is 28.9 Å². The number of benzene rings is 2. The second-order valence-electron chi connectivity index (χ2n) is 31.9. The van der Waals surface area contributed by atoms with Crippen LogP contribution in [-0.4, -0.2) is 315 Å². The lowest BCUT2D eigenvalue weighted by Gasteiger charge is -2.40. The van der Waals surface area contributed by atoms with E-state index in [1.165, 1.54) is 43.7 Å². The van der Waals surface area contributed by atoms with Crippen LogP contribution in [0.15, 0.2) is 67.1 Å². The van der Waals surface area contributed by atoms with Gasteiger partial charge in [-0.2, -0.15) is 25.3 Å². The number of carboxylic acid groups (broad SMARTS) is 1. The van der Waals surface area contributed by atoms with Gasteiger partial charge < -0.3 is 139 Å². The molecule has 0 saturated carbocycles. The van der Waals surface area contributed by atoms with Gasteiger partial charge in [0.2, 0.25) is 94.3 Å². The molecule has 2 aliphatic heterocycles. The van der Waals surface area contributed by atoms with E-state index >= 15 is 0 Å². The highest BCUT2D eigenvalue weighted by Gasteiger charge is 2.44. The van der Waals surface area contributed by atoms with Crippen LogP contribution in [0.3, 0.4) is 0 Å². The number of primary amides is 1. The number of piperazine rings is 2. The van der Waals surface area contributed by atoms with Gasteiger partial charge in [-0.1, -0.05) is 82.5 Å². The van der Waals surface area contributed by atoms with Crippen LogP contribution in [-0.2, 0) is 106 Å². The molecule has 34 N–H and O–H groups in total. The highest BCUT2D eigenvalue weighted by Crippen LogP contribution is 2.21. The Labute approximate surface area is 783 Å². The predicted molar refractivity (Wildman–Crippen MR) is 490 cm³/mol. The molecule has 3 aromatic rings. The van der Waals surface area contributed by atoms with Crippen molar-refractivity contribution in [1.29, 1.82) is 16.2 Å². The average molecular weight is 1920 g/mol. The molecule has 3 heterocycles. The molecular weight excluding hydrogens is 1790 g/mol. The molecule has 16 atom stereocenters. The summed E-state index contributed by atoms with van der Waals surface area (Å²) in [6.07, 6.45) is 2.85. The van der Waals surface area contributed by atoms with Crippen molar-refractivity contribution in [1.82, 2.24) is 116 Å². The number of nitrogens with one attached hydrogen (secondary N) is 23. The number of aliphatic hydroxyl groups is 1. The maximum absolute atomic E-state index is 15.0. The molecule has 738 valence electrons. The number of carbonyl (C=O) groups is 18. The quantitative estimate of drug-likeness (QED) is 0.00623. The number of thiol groups is 2. The Balaban J connectivity index is 1.25. The van der Waals surface area contributed by atoms with E-state index in [4.69, 9.17) is 39.2 Å². The molecule has 2 aromatic carbocycles. The lowest BCUT2D eigenvalue weighted by atomic mass is 9.96. The van der Waals surface area contributed by atoms with Crippen LogP contribution < -0.4 is 124 Å². The number of Topliss-reactive ketones (excluding diaryl/α,β-unsaturated/α-hetero) is 3. The van der Waals surface area contributed by atoms with E-state index in [1.807, 2.05) is 6.92 Å². The number of carboxylic acids is 1. The van der Waals surface area contributed by atoms with Crippen molar-refractivity contribution in [3.63, 3.8) is 0 Å². The van der Waals surface area contributed by atoms with Crippen LogP contribution in [0.1, 0.15) is 122 Å². The first-order chi connectivity index (χ1) is 63.7. The number of hydrogen-bond acceptors (Lipinski definition) is 30. The number of nitrogens with two attached hydrogens (primary N) is 4. The summed E-state index contributed by atoms with van der Waals surface area (Å²) in [6.45, 7) is 3.02. The molecular formula is C82H127N29O21S2. The molecule has 52 heteroatoms. The number of guanidine groups is 3. The van der Waals surface area contributed by atoms with Crippen molar-refractivity contribution >= 4 is 149 Å². The summed E-state index contributed by atoms with van der Waals surface area (Å²) in [4.78, 5) is 256. The van der Waals surface area contributed by atoms with E-state index in [0.29, 0.717) is 23.2 Å². The number of aromatic nitrogens is 2. The monoisotopic (exact) mass is 1920 g/mol. The second kappa shape index (κ2) is 58.0. The normalized spacial score (nSPS) is 17.3. The van der Waals surface area contributed by atoms with Gasteiger partial charge in [0.15, 0.2) is 23.7 Å². The largest absolute Gasteiger partial charge is 0.508 e. The summed E-state index contributed by atoms with van der Waals surface area (Å²) >= 11 is 8.40. The molecule has 1 aromatic heterocycles. The summed E-state index contributed by atoms with van der Waals surface area (Å²) in [7, 11) is 0. The number of aromatic amines is 1. The fraction of sp³-hybridized carbons (Fsp3) is 0.561. The Morgan fingerprint density at radius 2 is 1.10 bits per heavy atom. The van der Waals surface area contributed by atoms with Gasteiger partial charge in [-0.05, 0) is 87.5 Å². The van der Waals surface area contributed by atoms with Gasteiger partial charge in [0.1, 0.15) is 78.3 Å². The SMILES string of the molecule is CCCC[C@@H]1NC[C@H](C(=O)N[C@@H](CS)C(=O)CCN[C@@H](CS)C(=O)C(=O)C(CO)NC(=O)[C@@H](NC(=O)C(CCCNC(=N)N)NC(=O)[C@H](CC(=O)O)NC(=O)C(C)NC(=O)[C@H](CCCNC(=N)N)NC(=O)CNC(=O)CNC(=O)C(Cc2ccccc2)NNC(Cc2cnc[nH]2)C(=O)N[C@@H](Cc2ccc(O)cc2)C(=O)N2C[C@H](C(N)=O)NC(=O)[C@H]2CCCNC(=N)N)[C@@H](C)CC)NC1=O. The Morgan fingerprint density at radius 3 is 1.67 bits per heavy atom. The number of rotatable bonds is 61. The molecule has 0 spiro atoms. The second-order valence-corrected chi connectivity index (χ2v) is 32.7. The Morgan fingerprint density at radius 1 is 0.552 bits per heavy atom. The molecule has 2 aliphatic rings. The minimum Gasteiger partial charge on any atom is -0.508 e. The number of amides is 14. The number of aliphatic hydroxyl groups excluding tert-OH is 1. The summed E-state index contributed by atoms with van der Waals surface area (Å²) in [5.74, 6) is -20.1. The van der Waals surface area contributed by atoms with Crippen molar-refractivity contribution in [3.05, 3.63) is 83.9 Å². The maximum Gasteiger partial charge on any atom is 0.305 e. The molecule has 14 amide bonds. The Kier molecular flexibility index (Phi) is 48.2. The summed E-state index contributed by atoms with van der Waals surface area (Å²) in [5.41, 5.74) is 29.2.